The smallest absolute Gasteiger partial charge is 0.321 e. The summed E-state index contributed by atoms with van der Waals surface area (Å²) in [5.74, 6) is -0.484. The fourth-order valence-corrected chi connectivity index (χ4v) is 1.70. The number of benzene rings is 1. The number of carbonyl (C=O) groups is 1. The van der Waals surface area contributed by atoms with E-state index in [1.165, 1.54) is 6.07 Å². The number of hydrogen-bond acceptors (Lipinski definition) is 2. The van der Waals surface area contributed by atoms with Gasteiger partial charge in [0, 0.05) is 19.1 Å². The normalized spacial score (nSPS) is 10.1. The van der Waals surface area contributed by atoms with E-state index in [-0.39, 0.29) is 5.69 Å². The minimum absolute atomic E-state index is 0.0370. The number of hydrogen-bond donors (Lipinski definition) is 1. The highest BCUT2D eigenvalue weighted by Gasteiger charge is 2.17. The largest absolute Gasteiger partial charge is 0.618 e. The Balaban J connectivity index is 2.28. The van der Waals surface area contributed by atoms with Crippen molar-refractivity contribution < 1.29 is 9.52 Å². The number of para-hydroxylation sites is 1. The quantitative estimate of drug-likeness (QED) is 0.668. The zero-order chi connectivity index (χ0) is 13.1. The molecule has 0 aliphatic carbocycles. The summed E-state index contributed by atoms with van der Waals surface area (Å²) in [6.45, 7) is 1.64. The van der Waals surface area contributed by atoms with Gasteiger partial charge in [-0.1, -0.05) is 23.7 Å². The molecule has 2 aromatic rings. The lowest BCUT2D eigenvalue weighted by Crippen LogP contribution is -2.39. The number of aryl methyl sites for hydroxylation is 1. The number of aromatic nitrogens is 1. The molecule has 1 aromatic heterocycles. The maximum absolute atomic E-state index is 11.9. The summed E-state index contributed by atoms with van der Waals surface area (Å²) in [5.41, 5.74) is 0.974. The van der Waals surface area contributed by atoms with Gasteiger partial charge in [0.1, 0.15) is 0 Å². The first kappa shape index (κ1) is 12.4. The summed E-state index contributed by atoms with van der Waals surface area (Å²) in [4.78, 5) is 11.9. The monoisotopic (exact) mass is 262 g/mol. The predicted octanol–water partition coefficient (Wildman–Crippen LogP) is 2.53. The lowest BCUT2D eigenvalue weighted by molar-refractivity contribution is -0.614. The van der Waals surface area contributed by atoms with Gasteiger partial charge in [-0.3, -0.25) is 4.79 Å². The highest BCUT2D eigenvalue weighted by molar-refractivity contribution is 6.33. The molecule has 0 saturated heterocycles. The molecule has 1 aromatic carbocycles. The van der Waals surface area contributed by atoms with E-state index in [9.17, 15) is 10.0 Å². The molecule has 2 rings (SSSR count). The number of anilines is 1. The Labute approximate surface area is 109 Å². The van der Waals surface area contributed by atoms with Crippen molar-refractivity contribution in [3.05, 3.63) is 64.1 Å². The number of rotatable bonds is 2. The zero-order valence-corrected chi connectivity index (χ0v) is 10.4. The van der Waals surface area contributed by atoms with Crippen LogP contribution in [0.4, 0.5) is 5.69 Å². The van der Waals surface area contributed by atoms with E-state index in [0.717, 1.165) is 0 Å². The lowest BCUT2D eigenvalue weighted by Gasteiger charge is -2.08. The van der Waals surface area contributed by atoms with Crippen molar-refractivity contribution in [3.63, 3.8) is 0 Å². The molecule has 0 bridgehead atoms. The van der Waals surface area contributed by atoms with Gasteiger partial charge in [-0.25, -0.2) is 0 Å². The molecular weight excluding hydrogens is 252 g/mol. The average molecular weight is 263 g/mol. The van der Waals surface area contributed by atoms with Gasteiger partial charge >= 0.3 is 5.91 Å². The maximum Gasteiger partial charge on any atom is 0.321 e. The van der Waals surface area contributed by atoms with E-state index in [4.69, 9.17) is 11.6 Å². The highest BCUT2D eigenvalue weighted by atomic mass is 35.5. The van der Waals surface area contributed by atoms with Gasteiger partial charge in [-0.2, -0.15) is 4.73 Å². The molecular formula is C13H11ClN2O2. The number of halogens is 1. The Morgan fingerprint density at radius 2 is 1.94 bits per heavy atom. The van der Waals surface area contributed by atoms with Crippen LogP contribution in [-0.4, -0.2) is 5.91 Å². The van der Waals surface area contributed by atoms with E-state index >= 15 is 0 Å². The minimum Gasteiger partial charge on any atom is -0.618 e. The van der Waals surface area contributed by atoms with Crippen LogP contribution in [0, 0.1) is 12.1 Å². The van der Waals surface area contributed by atoms with Crippen LogP contribution in [0.25, 0.3) is 0 Å². The average Bonchev–Trinajstić information content (AvgIpc) is 2.35. The van der Waals surface area contributed by atoms with Crippen molar-refractivity contribution in [3.8, 4) is 0 Å². The summed E-state index contributed by atoms with van der Waals surface area (Å²) in [6, 6.07) is 11.6. The first-order valence-electron chi connectivity index (χ1n) is 5.34. The van der Waals surface area contributed by atoms with Crippen LogP contribution >= 0.6 is 11.6 Å². The van der Waals surface area contributed by atoms with Gasteiger partial charge < -0.3 is 10.5 Å². The molecule has 1 heterocycles. The predicted molar refractivity (Wildman–Crippen MR) is 69.5 cm³/mol. The van der Waals surface area contributed by atoms with E-state index in [1.807, 2.05) is 0 Å². The van der Waals surface area contributed by atoms with Crippen molar-refractivity contribution in [2.45, 2.75) is 6.92 Å². The topological polar surface area (TPSA) is 56.0 Å². The van der Waals surface area contributed by atoms with Crippen LogP contribution < -0.4 is 10.0 Å². The molecule has 0 saturated carbocycles. The summed E-state index contributed by atoms with van der Waals surface area (Å²) in [6.07, 6.45) is 0. The van der Waals surface area contributed by atoms with Gasteiger partial charge in [0.15, 0.2) is 5.69 Å². The summed E-state index contributed by atoms with van der Waals surface area (Å²) < 4.78 is 0.589. The van der Waals surface area contributed by atoms with Crippen LogP contribution in [0.2, 0.25) is 5.02 Å². The lowest BCUT2D eigenvalue weighted by atomic mass is 10.2. The van der Waals surface area contributed by atoms with Gasteiger partial charge in [0.25, 0.3) is 5.69 Å². The van der Waals surface area contributed by atoms with Gasteiger partial charge in [-0.15, -0.1) is 0 Å². The summed E-state index contributed by atoms with van der Waals surface area (Å²) in [7, 11) is 0. The third kappa shape index (κ3) is 2.43. The van der Waals surface area contributed by atoms with Crippen LogP contribution in [-0.2, 0) is 0 Å². The molecule has 18 heavy (non-hydrogen) atoms. The van der Waals surface area contributed by atoms with Crippen molar-refractivity contribution in [2.75, 3.05) is 5.32 Å². The van der Waals surface area contributed by atoms with Crippen LogP contribution in [0.15, 0.2) is 42.5 Å². The van der Waals surface area contributed by atoms with Crippen molar-refractivity contribution in [1.29, 1.82) is 0 Å². The third-order valence-corrected chi connectivity index (χ3v) is 2.81. The second-order valence-electron chi connectivity index (χ2n) is 3.78. The standard InChI is InChI=1S/C13H11ClN2O2/c1-9-5-4-8-12(16(9)18)13(17)15-11-7-3-2-6-10(11)14/h2-8H,1H3,(H,15,17). The van der Waals surface area contributed by atoms with E-state index < -0.39 is 5.91 Å². The Hall–Kier alpha value is -2.07. The van der Waals surface area contributed by atoms with E-state index in [2.05, 4.69) is 5.32 Å². The SMILES string of the molecule is Cc1cccc(C(=O)Nc2ccccc2Cl)[n+]1[O-]. The third-order valence-electron chi connectivity index (χ3n) is 2.49. The molecule has 0 unspecified atom stereocenters. The van der Waals surface area contributed by atoms with Gasteiger partial charge in [0.2, 0.25) is 0 Å². The number of amides is 1. The van der Waals surface area contributed by atoms with Crippen molar-refractivity contribution in [1.82, 2.24) is 0 Å². The number of pyridine rings is 1. The molecule has 0 aliphatic heterocycles. The molecule has 92 valence electrons. The van der Waals surface area contributed by atoms with Crippen molar-refractivity contribution >= 4 is 23.2 Å². The maximum atomic E-state index is 11.9. The van der Waals surface area contributed by atoms with Crippen LogP contribution in [0.3, 0.4) is 0 Å². The Bertz CT molecular complexity index is 599. The number of nitrogens with zero attached hydrogens (tertiary/aromatic N) is 1. The van der Waals surface area contributed by atoms with Gasteiger partial charge in [-0.05, 0) is 18.2 Å². The second kappa shape index (κ2) is 5.06. The van der Waals surface area contributed by atoms with Gasteiger partial charge in [0.05, 0.1) is 10.7 Å². The second-order valence-corrected chi connectivity index (χ2v) is 4.19. The number of carbonyl (C=O) groups excluding carboxylic acids is 1. The van der Waals surface area contributed by atoms with Crippen LogP contribution in [0.5, 0.6) is 0 Å². The molecule has 1 N–H and O–H groups in total. The first-order valence-corrected chi connectivity index (χ1v) is 5.72. The fraction of sp³-hybridized carbons (Fsp3) is 0.0769. The summed E-state index contributed by atoms with van der Waals surface area (Å²) >= 11 is 5.93. The van der Waals surface area contributed by atoms with E-state index in [1.54, 1.807) is 43.3 Å². The number of nitrogens with one attached hydrogen (secondary N) is 1. The summed E-state index contributed by atoms with van der Waals surface area (Å²) in [5, 5.41) is 14.7. The Morgan fingerprint density at radius 3 is 2.67 bits per heavy atom. The van der Waals surface area contributed by atoms with Crippen LogP contribution in [0.1, 0.15) is 16.2 Å². The Kier molecular flexibility index (Phi) is 3.48. The molecule has 0 atom stereocenters. The molecule has 0 spiro atoms. The van der Waals surface area contributed by atoms with E-state index in [0.29, 0.717) is 21.1 Å². The molecule has 4 nitrogen and oxygen atoms in total. The zero-order valence-electron chi connectivity index (χ0n) is 9.68. The fourth-order valence-electron chi connectivity index (χ4n) is 1.52. The molecule has 1 amide bonds. The molecule has 0 radical (unpaired) electrons. The molecule has 0 fully saturated rings. The minimum atomic E-state index is -0.484. The first-order chi connectivity index (χ1) is 8.59. The molecule has 0 aliphatic rings. The van der Waals surface area contributed by atoms with Crippen molar-refractivity contribution in [2.24, 2.45) is 0 Å². The Morgan fingerprint density at radius 1 is 1.22 bits per heavy atom. The highest BCUT2D eigenvalue weighted by Crippen LogP contribution is 2.20. The molecule has 5 heteroatoms.